The molecule has 0 saturated heterocycles. The van der Waals surface area contributed by atoms with Gasteiger partial charge in [0.15, 0.2) is 0 Å². The molecule has 1 amide bonds. The molecular formula is C19H15BrClN3O2. The maximum atomic E-state index is 12.6. The van der Waals surface area contributed by atoms with Crippen molar-refractivity contribution in [2.75, 3.05) is 11.4 Å². The third-order valence-electron chi connectivity index (χ3n) is 4.36. The molecule has 0 aliphatic carbocycles. The first kappa shape index (κ1) is 17.2. The molecule has 1 aromatic heterocycles. The van der Waals surface area contributed by atoms with Crippen LogP contribution in [0.4, 0.5) is 5.69 Å². The molecule has 0 radical (unpaired) electrons. The Hall–Kier alpha value is -2.18. The van der Waals surface area contributed by atoms with Crippen molar-refractivity contribution in [2.45, 2.75) is 19.3 Å². The first-order chi connectivity index (χ1) is 12.6. The lowest BCUT2D eigenvalue weighted by atomic mass is 10.2. The fourth-order valence-corrected chi connectivity index (χ4v) is 3.59. The summed E-state index contributed by atoms with van der Waals surface area (Å²) in [6, 6.07) is 13.2. The van der Waals surface area contributed by atoms with E-state index < -0.39 is 0 Å². The number of aryl methyl sites for hydroxylation is 1. The Morgan fingerprint density at radius 1 is 1.23 bits per heavy atom. The van der Waals surface area contributed by atoms with Crippen molar-refractivity contribution in [3.63, 3.8) is 0 Å². The predicted octanol–water partition coefficient (Wildman–Crippen LogP) is 4.67. The van der Waals surface area contributed by atoms with E-state index in [1.165, 1.54) is 5.56 Å². The molecule has 0 unspecified atom stereocenters. The Labute approximate surface area is 164 Å². The van der Waals surface area contributed by atoms with E-state index in [1.54, 1.807) is 12.1 Å². The standard InChI is InChI=1S/C19H15BrClN3O2/c20-14-3-6-16-13(11-14)9-10-24(16)18(25)8-7-17-22-19(23-26-17)12-1-4-15(21)5-2-12/h1-6,11H,7-10H2. The number of benzene rings is 2. The van der Waals surface area contributed by atoms with E-state index in [0.29, 0.717) is 36.1 Å². The van der Waals surface area contributed by atoms with Gasteiger partial charge in [-0.15, -0.1) is 0 Å². The second-order valence-corrected chi connectivity index (χ2v) is 7.44. The third-order valence-corrected chi connectivity index (χ3v) is 5.11. The number of carbonyl (C=O) groups is 1. The van der Waals surface area contributed by atoms with Gasteiger partial charge in [-0.1, -0.05) is 32.7 Å². The summed E-state index contributed by atoms with van der Waals surface area (Å²) < 4.78 is 6.31. The van der Waals surface area contributed by atoms with Gasteiger partial charge in [0.25, 0.3) is 0 Å². The number of nitrogens with zero attached hydrogens (tertiary/aromatic N) is 3. The van der Waals surface area contributed by atoms with E-state index in [9.17, 15) is 4.79 Å². The minimum Gasteiger partial charge on any atom is -0.339 e. The molecule has 0 saturated carbocycles. The van der Waals surface area contributed by atoms with Crippen molar-refractivity contribution in [1.29, 1.82) is 0 Å². The number of amides is 1. The number of aromatic nitrogens is 2. The third kappa shape index (κ3) is 3.52. The smallest absolute Gasteiger partial charge is 0.227 e. The summed E-state index contributed by atoms with van der Waals surface area (Å²) in [6.07, 6.45) is 1.63. The minimum atomic E-state index is 0.0670. The zero-order valence-corrected chi connectivity index (χ0v) is 16.1. The van der Waals surface area contributed by atoms with Crippen LogP contribution in [0.25, 0.3) is 11.4 Å². The Morgan fingerprint density at radius 2 is 2.04 bits per heavy atom. The van der Waals surface area contributed by atoms with E-state index in [2.05, 4.69) is 32.1 Å². The highest BCUT2D eigenvalue weighted by Gasteiger charge is 2.24. The predicted molar refractivity (Wildman–Crippen MR) is 103 cm³/mol. The average Bonchev–Trinajstić information content (AvgIpc) is 3.27. The first-order valence-electron chi connectivity index (χ1n) is 8.27. The maximum absolute atomic E-state index is 12.6. The summed E-state index contributed by atoms with van der Waals surface area (Å²) in [7, 11) is 0. The zero-order valence-electron chi connectivity index (χ0n) is 13.8. The number of anilines is 1. The molecule has 2 heterocycles. The Bertz CT molecular complexity index is 956. The normalized spacial score (nSPS) is 13.1. The minimum absolute atomic E-state index is 0.0670. The van der Waals surface area contributed by atoms with Crippen LogP contribution in [-0.2, 0) is 17.6 Å². The van der Waals surface area contributed by atoms with Gasteiger partial charge in [-0.2, -0.15) is 4.98 Å². The highest BCUT2D eigenvalue weighted by atomic mass is 79.9. The van der Waals surface area contributed by atoms with Gasteiger partial charge in [0.1, 0.15) is 0 Å². The van der Waals surface area contributed by atoms with Crippen LogP contribution in [0.5, 0.6) is 0 Å². The molecule has 5 nitrogen and oxygen atoms in total. The van der Waals surface area contributed by atoms with Crippen LogP contribution in [0.3, 0.4) is 0 Å². The van der Waals surface area contributed by atoms with Gasteiger partial charge in [-0.3, -0.25) is 4.79 Å². The molecule has 7 heteroatoms. The summed E-state index contributed by atoms with van der Waals surface area (Å²) in [6.45, 7) is 0.713. The van der Waals surface area contributed by atoms with Crippen LogP contribution in [0.1, 0.15) is 17.9 Å². The molecule has 4 rings (SSSR count). The van der Waals surface area contributed by atoms with Gasteiger partial charge in [0.05, 0.1) is 0 Å². The number of fused-ring (bicyclic) bond motifs is 1. The molecule has 1 aliphatic heterocycles. The van der Waals surface area contributed by atoms with Crippen LogP contribution in [0, 0.1) is 0 Å². The molecule has 26 heavy (non-hydrogen) atoms. The Kier molecular flexibility index (Phi) is 4.78. The summed E-state index contributed by atoms with van der Waals surface area (Å²) in [4.78, 5) is 18.8. The molecule has 3 aromatic rings. The second-order valence-electron chi connectivity index (χ2n) is 6.09. The molecule has 0 bridgehead atoms. The van der Waals surface area contributed by atoms with Gasteiger partial charge in [0, 0.05) is 40.1 Å². The first-order valence-corrected chi connectivity index (χ1v) is 9.44. The average molecular weight is 433 g/mol. The summed E-state index contributed by atoms with van der Waals surface area (Å²) >= 11 is 9.36. The van der Waals surface area contributed by atoms with Crippen molar-refractivity contribution in [3.05, 3.63) is 63.4 Å². The SMILES string of the molecule is O=C(CCc1nc(-c2ccc(Cl)cc2)no1)N1CCc2cc(Br)ccc21. The highest BCUT2D eigenvalue weighted by molar-refractivity contribution is 9.10. The molecule has 2 aromatic carbocycles. The largest absolute Gasteiger partial charge is 0.339 e. The van der Waals surface area contributed by atoms with Crippen molar-refractivity contribution in [1.82, 2.24) is 10.1 Å². The van der Waals surface area contributed by atoms with E-state index in [1.807, 2.05) is 29.2 Å². The number of rotatable bonds is 4. The monoisotopic (exact) mass is 431 g/mol. The zero-order chi connectivity index (χ0) is 18.1. The number of hydrogen-bond donors (Lipinski definition) is 0. The van der Waals surface area contributed by atoms with Crippen molar-refractivity contribution in [2.24, 2.45) is 0 Å². The molecule has 0 spiro atoms. The molecule has 0 N–H and O–H groups in total. The van der Waals surface area contributed by atoms with Gasteiger partial charge in [-0.25, -0.2) is 0 Å². The van der Waals surface area contributed by atoms with Gasteiger partial charge in [-0.05, 0) is 54.4 Å². The lowest BCUT2D eigenvalue weighted by molar-refractivity contribution is -0.118. The van der Waals surface area contributed by atoms with Crippen LogP contribution >= 0.6 is 27.5 Å². The van der Waals surface area contributed by atoms with E-state index in [-0.39, 0.29) is 5.91 Å². The summed E-state index contributed by atoms with van der Waals surface area (Å²) in [5.41, 5.74) is 3.01. The van der Waals surface area contributed by atoms with Crippen LogP contribution < -0.4 is 4.90 Å². The van der Waals surface area contributed by atoms with Gasteiger partial charge >= 0.3 is 0 Å². The fraction of sp³-hybridized carbons (Fsp3) is 0.211. The van der Waals surface area contributed by atoms with E-state index >= 15 is 0 Å². The lowest BCUT2D eigenvalue weighted by Gasteiger charge is -2.16. The van der Waals surface area contributed by atoms with Crippen LogP contribution in [0.2, 0.25) is 5.02 Å². The second kappa shape index (κ2) is 7.21. The molecule has 1 aliphatic rings. The van der Waals surface area contributed by atoms with Gasteiger partial charge < -0.3 is 9.42 Å². The van der Waals surface area contributed by atoms with Gasteiger partial charge in [0.2, 0.25) is 17.6 Å². The lowest BCUT2D eigenvalue weighted by Crippen LogP contribution is -2.29. The van der Waals surface area contributed by atoms with Crippen molar-refractivity contribution < 1.29 is 9.32 Å². The van der Waals surface area contributed by atoms with Crippen molar-refractivity contribution in [3.8, 4) is 11.4 Å². The molecule has 0 fully saturated rings. The summed E-state index contributed by atoms with van der Waals surface area (Å²) in [5.74, 6) is 1.02. The quantitative estimate of drug-likeness (QED) is 0.601. The highest BCUT2D eigenvalue weighted by Crippen LogP contribution is 2.31. The number of carbonyl (C=O) groups excluding carboxylic acids is 1. The molecular weight excluding hydrogens is 418 g/mol. The fourth-order valence-electron chi connectivity index (χ4n) is 3.05. The molecule has 132 valence electrons. The maximum Gasteiger partial charge on any atom is 0.227 e. The van der Waals surface area contributed by atoms with Crippen LogP contribution in [0.15, 0.2) is 51.5 Å². The number of hydrogen-bond acceptors (Lipinski definition) is 4. The van der Waals surface area contributed by atoms with Crippen molar-refractivity contribution >= 4 is 39.1 Å². The van der Waals surface area contributed by atoms with E-state index in [0.717, 1.165) is 22.1 Å². The topological polar surface area (TPSA) is 59.2 Å². The molecule has 0 atom stereocenters. The van der Waals surface area contributed by atoms with E-state index in [4.69, 9.17) is 16.1 Å². The Balaban J connectivity index is 1.41. The van der Waals surface area contributed by atoms with Crippen LogP contribution in [-0.4, -0.2) is 22.6 Å². The Morgan fingerprint density at radius 3 is 2.85 bits per heavy atom. The number of halogens is 2. The summed E-state index contributed by atoms with van der Waals surface area (Å²) in [5, 5.41) is 4.63.